The molecule has 0 aromatic rings. The molecular formula is C62H100O6. The van der Waals surface area contributed by atoms with Gasteiger partial charge in [0.1, 0.15) is 13.2 Å². The van der Waals surface area contributed by atoms with E-state index in [4.69, 9.17) is 14.2 Å². The molecule has 0 N–H and O–H groups in total. The summed E-state index contributed by atoms with van der Waals surface area (Å²) < 4.78 is 16.8. The molecule has 0 aliphatic rings. The zero-order chi connectivity index (χ0) is 49.3. The van der Waals surface area contributed by atoms with Gasteiger partial charge in [-0.3, -0.25) is 14.4 Å². The Bertz CT molecular complexity index is 1450. The first-order valence-electron chi connectivity index (χ1n) is 27.5. The second-order valence-corrected chi connectivity index (χ2v) is 17.7. The molecule has 0 aliphatic carbocycles. The fraction of sp³-hybridized carbons (Fsp3) is 0.629. The van der Waals surface area contributed by atoms with Crippen molar-refractivity contribution >= 4 is 17.9 Å². The van der Waals surface area contributed by atoms with Gasteiger partial charge in [-0.2, -0.15) is 0 Å². The van der Waals surface area contributed by atoms with Gasteiger partial charge in [-0.1, -0.05) is 226 Å². The minimum absolute atomic E-state index is 0.0996. The van der Waals surface area contributed by atoms with Crippen molar-refractivity contribution < 1.29 is 28.6 Å². The predicted octanol–water partition coefficient (Wildman–Crippen LogP) is 18.5. The number of hydrogen-bond acceptors (Lipinski definition) is 6. The van der Waals surface area contributed by atoms with Crippen LogP contribution in [-0.2, 0) is 28.6 Å². The molecule has 1 atom stereocenters. The molecule has 6 nitrogen and oxygen atoms in total. The van der Waals surface area contributed by atoms with E-state index in [1.807, 2.05) is 0 Å². The average molecular weight is 941 g/mol. The fourth-order valence-electron chi connectivity index (χ4n) is 7.14. The Morgan fingerprint density at radius 3 is 0.926 bits per heavy atom. The lowest BCUT2D eigenvalue weighted by molar-refractivity contribution is -0.167. The Morgan fingerprint density at radius 1 is 0.309 bits per heavy atom. The minimum Gasteiger partial charge on any atom is -0.462 e. The molecule has 0 radical (unpaired) electrons. The zero-order valence-corrected chi connectivity index (χ0v) is 43.8. The van der Waals surface area contributed by atoms with Crippen LogP contribution in [0.25, 0.3) is 0 Å². The van der Waals surface area contributed by atoms with Gasteiger partial charge in [0.25, 0.3) is 0 Å². The zero-order valence-electron chi connectivity index (χ0n) is 43.8. The van der Waals surface area contributed by atoms with E-state index in [2.05, 4.69) is 142 Å². The lowest BCUT2D eigenvalue weighted by Gasteiger charge is -2.18. The summed E-state index contributed by atoms with van der Waals surface area (Å²) in [6.07, 6.45) is 76.1. The van der Waals surface area contributed by atoms with Gasteiger partial charge in [0.15, 0.2) is 6.10 Å². The van der Waals surface area contributed by atoms with E-state index < -0.39 is 6.10 Å². The van der Waals surface area contributed by atoms with Crippen LogP contribution >= 0.6 is 0 Å². The van der Waals surface area contributed by atoms with Gasteiger partial charge in [0.2, 0.25) is 0 Å². The van der Waals surface area contributed by atoms with Crippen LogP contribution < -0.4 is 0 Å². The van der Waals surface area contributed by atoms with Crippen molar-refractivity contribution in [1.82, 2.24) is 0 Å². The molecular weight excluding hydrogens is 841 g/mol. The average Bonchev–Trinajstić information content (AvgIpc) is 3.34. The van der Waals surface area contributed by atoms with Crippen LogP contribution in [0.1, 0.15) is 233 Å². The second-order valence-electron chi connectivity index (χ2n) is 17.7. The molecule has 0 bridgehead atoms. The summed E-state index contributed by atoms with van der Waals surface area (Å²) in [5, 5.41) is 0. The third kappa shape index (κ3) is 52.8. The number of allylic oxidation sites excluding steroid dienone is 20. The van der Waals surface area contributed by atoms with Gasteiger partial charge in [0, 0.05) is 19.3 Å². The maximum absolute atomic E-state index is 12.8. The lowest BCUT2D eigenvalue weighted by Crippen LogP contribution is -2.30. The number of carbonyl (C=O) groups is 3. The highest BCUT2D eigenvalue weighted by molar-refractivity contribution is 5.71. The Morgan fingerprint density at radius 2 is 0.574 bits per heavy atom. The largest absolute Gasteiger partial charge is 0.462 e. The van der Waals surface area contributed by atoms with Crippen LogP contribution in [0.5, 0.6) is 0 Å². The minimum atomic E-state index is -0.805. The van der Waals surface area contributed by atoms with Crippen molar-refractivity contribution in [2.45, 2.75) is 239 Å². The molecule has 0 saturated carbocycles. The van der Waals surface area contributed by atoms with Gasteiger partial charge in [-0.05, 0) is 109 Å². The molecule has 68 heavy (non-hydrogen) atoms. The Kier molecular flexibility index (Phi) is 52.0. The van der Waals surface area contributed by atoms with E-state index in [1.165, 1.54) is 57.8 Å². The van der Waals surface area contributed by atoms with Crippen molar-refractivity contribution in [3.63, 3.8) is 0 Å². The van der Waals surface area contributed by atoms with Gasteiger partial charge >= 0.3 is 17.9 Å². The van der Waals surface area contributed by atoms with E-state index in [0.29, 0.717) is 25.7 Å². The maximum Gasteiger partial charge on any atom is 0.306 e. The molecule has 1 unspecified atom stereocenters. The van der Waals surface area contributed by atoms with Crippen molar-refractivity contribution in [1.29, 1.82) is 0 Å². The van der Waals surface area contributed by atoms with Crippen LogP contribution in [0.3, 0.4) is 0 Å². The molecule has 0 heterocycles. The number of unbranched alkanes of at least 4 members (excludes halogenated alkanes) is 17. The number of esters is 3. The third-order valence-corrected chi connectivity index (χ3v) is 11.2. The van der Waals surface area contributed by atoms with Crippen molar-refractivity contribution in [2.75, 3.05) is 13.2 Å². The van der Waals surface area contributed by atoms with E-state index in [9.17, 15) is 14.4 Å². The molecule has 0 rings (SSSR count). The highest BCUT2D eigenvalue weighted by atomic mass is 16.6. The summed E-state index contributed by atoms with van der Waals surface area (Å²) in [6, 6.07) is 0. The summed E-state index contributed by atoms with van der Waals surface area (Å²) in [7, 11) is 0. The first-order valence-corrected chi connectivity index (χ1v) is 27.5. The summed E-state index contributed by atoms with van der Waals surface area (Å²) in [5.41, 5.74) is 0. The molecule has 0 amide bonds. The molecule has 0 aromatic heterocycles. The number of rotatable bonds is 48. The monoisotopic (exact) mass is 941 g/mol. The number of carbonyl (C=O) groups excluding carboxylic acids is 3. The van der Waals surface area contributed by atoms with Gasteiger partial charge in [-0.25, -0.2) is 0 Å². The predicted molar refractivity (Wildman–Crippen MR) is 293 cm³/mol. The maximum atomic E-state index is 12.8. The van der Waals surface area contributed by atoms with E-state index in [0.717, 1.165) is 128 Å². The molecule has 6 heteroatoms. The molecule has 0 aromatic carbocycles. The van der Waals surface area contributed by atoms with Gasteiger partial charge < -0.3 is 14.2 Å². The number of ether oxygens (including phenoxy) is 3. The Labute approximate surface area is 418 Å². The summed E-state index contributed by atoms with van der Waals surface area (Å²) >= 11 is 0. The lowest BCUT2D eigenvalue weighted by atomic mass is 10.1. The topological polar surface area (TPSA) is 78.9 Å². The standard InChI is InChI=1S/C62H100O6/c1-4-7-10-13-16-19-22-24-26-28-30-31-33-34-36-38-40-43-46-49-52-55-61(64)67-58-59(57-66-60(63)54-51-48-45-42-21-18-15-12-9-6-3)68-62(65)56-53-50-47-44-41-39-37-35-32-29-27-25-23-20-17-14-11-8-5-2/h7-8,10-11,16-17,19-20,24-27,30-32,34-36,40,43,59H,4-6,9,12-15,18,21-23,28-29,33,37-39,41-42,44-58H2,1-3H3/b10-7-,11-8-,19-16-,20-17-,26-24-,27-25-,31-30-,35-32-,36-34-,43-40-. The number of hydrogen-bond donors (Lipinski definition) is 0. The highest BCUT2D eigenvalue weighted by Gasteiger charge is 2.19. The smallest absolute Gasteiger partial charge is 0.306 e. The van der Waals surface area contributed by atoms with Crippen molar-refractivity contribution in [3.8, 4) is 0 Å². The van der Waals surface area contributed by atoms with Crippen LogP contribution in [0.4, 0.5) is 0 Å². The third-order valence-electron chi connectivity index (χ3n) is 11.2. The van der Waals surface area contributed by atoms with Crippen LogP contribution in [0.15, 0.2) is 122 Å². The SMILES string of the molecule is CC/C=C\C/C=C\C/C=C\C/C=C\C/C=C\C/C=C\CCCCC(=O)OCC(COC(=O)CCCCCCCCCCCC)OC(=O)CCCCCCCC/C=C\C/C=C\C/C=C\C/C=C\CC. The van der Waals surface area contributed by atoms with E-state index in [1.54, 1.807) is 0 Å². The summed E-state index contributed by atoms with van der Waals surface area (Å²) in [6.45, 7) is 6.34. The second kappa shape index (κ2) is 55.4. The Hall–Kier alpha value is -4.19. The molecule has 0 spiro atoms. The highest BCUT2D eigenvalue weighted by Crippen LogP contribution is 2.14. The first-order chi connectivity index (χ1) is 33.5. The summed E-state index contributed by atoms with van der Waals surface area (Å²) in [5.74, 6) is -0.965. The van der Waals surface area contributed by atoms with Crippen LogP contribution in [-0.4, -0.2) is 37.2 Å². The first kappa shape index (κ1) is 63.8. The van der Waals surface area contributed by atoms with Crippen LogP contribution in [0, 0.1) is 0 Å². The summed E-state index contributed by atoms with van der Waals surface area (Å²) in [4.78, 5) is 38.0. The molecule has 0 aliphatic heterocycles. The van der Waals surface area contributed by atoms with Crippen LogP contribution in [0.2, 0.25) is 0 Å². The quantitative estimate of drug-likeness (QED) is 0.0262. The molecule has 0 fully saturated rings. The van der Waals surface area contributed by atoms with Crippen molar-refractivity contribution in [2.24, 2.45) is 0 Å². The van der Waals surface area contributed by atoms with E-state index >= 15 is 0 Å². The Balaban J connectivity index is 4.46. The van der Waals surface area contributed by atoms with Gasteiger partial charge in [0.05, 0.1) is 0 Å². The normalized spacial score (nSPS) is 13.0. The fourth-order valence-corrected chi connectivity index (χ4v) is 7.14. The molecule has 0 saturated heterocycles. The molecule has 384 valence electrons. The van der Waals surface area contributed by atoms with Gasteiger partial charge in [-0.15, -0.1) is 0 Å². The van der Waals surface area contributed by atoms with Crippen molar-refractivity contribution in [3.05, 3.63) is 122 Å². The van der Waals surface area contributed by atoms with E-state index in [-0.39, 0.29) is 31.1 Å².